The monoisotopic (exact) mass is 309 g/mol. The van der Waals surface area contributed by atoms with Crippen LogP contribution in [0, 0.1) is 12.3 Å². The Morgan fingerprint density at radius 1 is 1.44 bits per heavy atom. The summed E-state index contributed by atoms with van der Waals surface area (Å²) in [5.41, 5.74) is 2.15. The summed E-state index contributed by atoms with van der Waals surface area (Å²) in [6.45, 7) is 5.00. The molecule has 18 heavy (non-hydrogen) atoms. The third-order valence-corrected chi connectivity index (χ3v) is 5.16. The number of hydrogen-bond acceptors (Lipinski definition) is 1. The largest absolute Gasteiger partial charge is 0.351 e. The van der Waals surface area contributed by atoms with Gasteiger partial charge < -0.3 is 5.32 Å². The minimum absolute atomic E-state index is 0.0496. The van der Waals surface area contributed by atoms with Crippen LogP contribution in [0.5, 0.6) is 0 Å². The molecule has 0 radical (unpaired) electrons. The van der Waals surface area contributed by atoms with Gasteiger partial charge in [0.2, 0.25) is 0 Å². The lowest BCUT2D eigenvalue weighted by Crippen LogP contribution is -2.41. The van der Waals surface area contributed by atoms with Crippen LogP contribution >= 0.6 is 15.9 Å². The lowest BCUT2D eigenvalue weighted by molar-refractivity contribution is 0.0849. The van der Waals surface area contributed by atoms with E-state index in [9.17, 15) is 4.79 Å². The van der Waals surface area contributed by atoms with E-state index in [2.05, 4.69) is 28.2 Å². The Balaban J connectivity index is 2.02. The van der Waals surface area contributed by atoms with Crippen molar-refractivity contribution in [3.8, 4) is 0 Å². The van der Waals surface area contributed by atoms with Gasteiger partial charge in [-0.2, -0.15) is 0 Å². The van der Waals surface area contributed by atoms with E-state index in [-0.39, 0.29) is 5.91 Å². The van der Waals surface area contributed by atoms with Gasteiger partial charge in [-0.3, -0.25) is 4.79 Å². The van der Waals surface area contributed by atoms with Crippen molar-refractivity contribution in [1.29, 1.82) is 0 Å². The third kappa shape index (κ3) is 2.61. The molecule has 1 aromatic rings. The van der Waals surface area contributed by atoms with Gasteiger partial charge in [0.25, 0.3) is 5.91 Å². The van der Waals surface area contributed by atoms with E-state index in [1.54, 1.807) is 0 Å². The Morgan fingerprint density at radius 2 is 2.17 bits per heavy atom. The molecule has 3 heteroatoms. The fraction of sp³-hybridized carbons (Fsp3) is 0.533. The van der Waals surface area contributed by atoms with Gasteiger partial charge in [0.1, 0.15) is 0 Å². The number of carbonyl (C=O) groups excluding carboxylic acids is 1. The summed E-state index contributed by atoms with van der Waals surface area (Å²) in [7, 11) is 0. The second-order valence-electron chi connectivity index (χ2n) is 5.30. The lowest BCUT2D eigenvalue weighted by atomic mass is 9.67. The van der Waals surface area contributed by atoms with Crippen molar-refractivity contribution in [2.75, 3.05) is 6.54 Å². The highest BCUT2D eigenvalue weighted by Gasteiger charge is 2.35. The van der Waals surface area contributed by atoms with Crippen molar-refractivity contribution in [2.24, 2.45) is 5.41 Å². The Hall–Kier alpha value is -0.830. The highest BCUT2D eigenvalue weighted by Crippen LogP contribution is 2.43. The van der Waals surface area contributed by atoms with E-state index < -0.39 is 0 Å². The summed E-state index contributed by atoms with van der Waals surface area (Å²) in [5.74, 6) is 0.0496. The summed E-state index contributed by atoms with van der Waals surface area (Å²) >= 11 is 3.46. The van der Waals surface area contributed by atoms with Crippen molar-refractivity contribution >= 4 is 21.8 Å². The summed E-state index contributed by atoms with van der Waals surface area (Å²) in [4.78, 5) is 12.2. The Morgan fingerprint density at radius 3 is 2.72 bits per heavy atom. The molecular weight excluding hydrogens is 290 g/mol. The van der Waals surface area contributed by atoms with E-state index in [0.29, 0.717) is 5.41 Å². The molecule has 1 fully saturated rings. The topological polar surface area (TPSA) is 29.1 Å². The van der Waals surface area contributed by atoms with Crippen molar-refractivity contribution in [1.82, 2.24) is 5.32 Å². The van der Waals surface area contributed by atoms with Crippen molar-refractivity contribution in [2.45, 2.75) is 39.5 Å². The Kier molecular flexibility index (Phi) is 4.10. The molecule has 0 aliphatic heterocycles. The minimum Gasteiger partial charge on any atom is -0.351 e. The molecule has 1 aliphatic rings. The van der Waals surface area contributed by atoms with Gasteiger partial charge in [0.15, 0.2) is 0 Å². The zero-order valence-electron chi connectivity index (χ0n) is 11.1. The van der Waals surface area contributed by atoms with Crippen LogP contribution in [0.3, 0.4) is 0 Å². The molecule has 98 valence electrons. The molecule has 1 saturated carbocycles. The normalized spacial score (nSPS) is 17.1. The molecule has 0 saturated heterocycles. The fourth-order valence-electron chi connectivity index (χ4n) is 2.55. The SMILES string of the molecule is CCC1(CNC(=O)c2cccc(Br)c2C)CCC1. The van der Waals surface area contributed by atoms with Gasteiger partial charge in [0.05, 0.1) is 0 Å². The first kappa shape index (κ1) is 13.6. The Labute approximate surface area is 117 Å². The number of carbonyl (C=O) groups is 1. The van der Waals surface area contributed by atoms with Crippen molar-refractivity contribution < 1.29 is 4.79 Å². The zero-order valence-corrected chi connectivity index (χ0v) is 12.6. The molecule has 0 unspecified atom stereocenters. The van der Waals surface area contributed by atoms with Crippen molar-refractivity contribution in [3.05, 3.63) is 33.8 Å². The van der Waals surface area contributed by atoms with E-state index in [4.69, 9.17) is 0 Å². The smallest absolute Gasteiger partial charge is 0.251 e. The summed E-state index contributed by atoms with van der Waals surface area (Å²) in [6, 6.07) is 5.76. The van der Waals surface area contributed by atoms with Gasteiger partial charge >= 0.3 is 0 Å². The van der Waals surface area contributed by atoms with Crippen LogP contribution in [-0.2, 0) is 0 Å². The molecular formula is C15H20BrNO. The summed E-state index contributed by atoms with van der Waals surface area (Å²) < 4.78 is 0.990. The first-order valence-electron chi connectivity index (χ1n) is 6.61. The number of amides is 1. The quantitative estimate of drug-likeness (QED) is 0.892. The maximum absolute atomic E-state index is 12.2. The van der Waals surface area contributed by atoms with Crippen LogP contribution in [0.1, 0.15) is 48.5 Å². The molecule has 0 spiro atoms. The van der Waals surface area contributed by atoms with Crippen LogP contribution in [0.15, 0.2) is 22.7 Å². The zero-order chi connectivity index (χ0) is 13.2. The number of halogens is 1. The molecule has 0 heterocycles. The van der Waals surface area contributed by atoms with Crippen LogP contribution < -0.4 is 5.32 Å². The second kappa shape index (κ2) is 5.43. The highest BCUT2D eigenvalue weighted by atomic mass is 79.9. The predicted molar refractivity (Wildman–Crippen MR) is 77.8 cm³/mol. The molecule has 0 atom stereocenters. The van der Waals surface area contributed by atoms with Crippen molar-refractivity contribution in [3.63, 3.8) is 0 Å². The third-order valence-electron chi connectivity index (χ3n) is 4.30. The number of nitrogens with one attached hydrogen (secondary N) is 1. The van der Waals surface area contributed by atoms with Crippen LogP contribution in [-0.4, -0.2) is 12.5 Å². The molecule has 0 bridgehead atoms. The van der Waals surface area contributed by atoms with E-state index in [1.165, 1.54) is 19.3 Å². The van der Waals surface area contributed by atoms with Gasteiger partial charge in [0, 0.05) is 16.6 Å². The van der Waals surface area contributed by atoms with Crippen LogP contribution in [0.25, 0.3) is 0 Å². The van der Waals surface area contributed by atoms with E-state index >= 15 is 0 Å². The molecule has 1 aliphatic carbocycles. The number of hydrogen-bond donors (Lipinski definition) is 1. The first-order valence-corrected chi connectivity index (χ1v) is 7.40. The maximum atomic E-state index is 12.2. The number of benzene rings is 1. The predicted octanol–water partition coefficient (Wildman–Crippen LogP) is 4.07. The average molecular weight is 310 g/mol. The standard InChI is InChI=1S/C15H20BrNO/c1-3-15(8-5-9-15)10-17-14(18)12-6-4-7-13(16)11(12)2/h4,6-7H,3,5,8-10H2,1-2H3,(H,17,18). The summed E-state index contributed by atoms with van der Waals surface area (Å²) in [5, 5.41) is 3.10. The minimum atomic E-state index is 0.0496. The van der Waals surface area contributed by atoms with Gasteiger partial charge in [-0.1, -0.05) is 35.3 Å². The Bertz CT molecular complexity index is 446. The number of rotatable bonds is 4. The van der Waals surface area contributed by atoms with Gasteiger partial charge in [-0.25, -0.2) is 0 Å². The maximum Gasteiger partial charge on any atom is 0.251 e. The average Bonchev–Trinajstić information content (AvgIpc) is 2.31. The lowest BCUT2D eigenvalue weighted by Gasteiger charge is -2.41. The summed E-state index contributed by atoms with van der Waals surface area (Å²) in [6.07, 6.45) is 4.97. The van der Waals surface area contributed by atoms with Crippen LogP contribution in [0.4, 0.5) is 0 Å². The van der Waals surface area contributed by atoms with Gasteiger partial charge in [-0.15, -0.1) is 0 Å². The highest BCUT2D eigenvalue weighted by molar-refractivity contribution is 9.10. The molecule has 1 amide bonds. The molecule has 0 aromatic heterocycles. The van der Waals surface area contributed by atoms with E-state index in [0.717, 1.165) is 28.6 Å². The van der Waals surface area contributed by atoms with Crippen LogP contribution in [0.2, 0.25) is 0 Å². The second-order valence-corrected chi connectivity index (χ2v) is 6.16. The fourth-order valence-corrected chi connectivity index (χ4v) is 2.91. The first-order chi connectivity index (χ1) is 8.58. The molecule has 2 nitrogen and oxygen atoms in total. The van der Waals surface area contributed by atoms with Gasteiger partial charge in [-0.05, 0) is 49.3 Å². The molecule has 2 rings (SSSR count). The van der Waals surface area contributed by atoms with E-state index in [1.807, 2.05) is 25.1 Å². The molecule has 1 aromatic carbocycles. The molecule has 1 N–H and O–H groups in total.